The summed E-state index contributed by atoms with van der Waals surface area (Å²) in [5.74, 6) is 0. The summed E-state index contributed by atoms with van der Waals surface area (Å²) < 4.78 is 0. The van der Waals surface area contributed by atoms with E-state index >= 15 is 0 Å². The Hall–Kier alpha value is -3.00. The molecule has 35 heavy (non-hydrogen) atoms. The maximum absolute atomic E-state index is 4.69. The predicted molar refractivity (Wildman–Crippen MR) is 149 cm³/mol. The first-order valence-electron chi connectivity index (χ1n) is 11.5. The molecule has 0 atom stereocenters. The molecule has 177 valence electrons. The van der Waals surface area contributed by atoms with E-state index in [1.54, 1.807) is 0 Å². The van der Waals surface area contributed by atoms with Crippen LogP contribution in [0.15, 0.2) is 128 Å². The van der Waals surface area contributed by atoms with Crippen LogP contribution in [0, 0.1) is 6.92 Å². The van der Waals surface area contributed by atoms with Gasteiger partial charge in [-0.05, 0) is 41.3 Å². The van der Waals surface area contributed by atoms with Crippen LogP contribution in [-0.2, 0) is 22.4 Å². The van der Waals surface area contributed by atoms with E-state index in [0.29, 0.717) is 0 Å². The molecule has 6 aromatic rings. The van der Waals surface area contributed by atoms with Gasteiger partial charge in [0, 0.05) is 41.9 Å². The van der Waals surface area contributed by atoms with Crippen LogP contribution in [0.25, 0.3) is 33.1 Å². The maximum Gasteiger partial charge on any atom is 0.0939 e. The Labute approximate surface area is 223 Å². The first-order valence-corrected chi connectivity index (χ1v) is 13.2. The summed E-state index contributed by atoms with van der Waals surface area (Å²) in [6.45, 7) is 4.08. The van der Waals surface area contributed by atoms with Crippen molar-refractivity contribution in [1.29, 1.82) is 0 Å². The van der Waals surface area contributed by atoms with Crippen LogP contribution in [0.1, 0.15) is 0 Å². The summed E-state index contributed by atoms with van der Waals surface area (Å²) >= 11 is 0. The van der Waals surface area contributed by atoms with Gasteiger partial charge in [-0.3, -0.25) is 4.98 Å². The fraction of sp³-hybridized carbons (Fsp3) is 0.0323. The molecule has 0 N–H and O–H groups in total. The molecule has 2 nitrogen and oxygen atoms in total. The zero-order valence-corrected chi connectivity index (χ0v) is 22.4. The SMILES string of the molecule is [Au].[CH2-]C[PH+](c1ccccc1)c1ccccc1.c1ccc2[n-]c(-c3cccc4cccnc34)cc2c1. The van der Waals surface area contributed by atoms with Crippen molar-refractivity contribution in [3.63, 3.8) is 0 Å². The molecule has 0 aliphatic heterocycles. The zero-order valence-electron chi connectivity index (χ0n) is 19.2. The topological polar surface area (TPSA) is 27.0 Å². The predicted octanol–water partition coefficient (Wildman–Crippen LogP) is 6.70. The molecule has 0 amide bonds. The van der Waals surface area contributed by atoms with Crippen LogP contribution in [0.3, 0.4) is 0 Å². The number of hydrogen-bond acceptors (Lipinski definition) is 1. The number of aromatic nitrogens is 2. The quantitative estimate of drug-likeness (QED) is 0.120. The molecule has 6 rings (SSSR count). The van der Waals surface area contributed by atoms with E-state index < -0.39 is 7.92 Å². The summed E-state index contributed by atoms with van der Waals surface area (Å²) in [6, 6.07) is 42.0. The number of rotatable bonds is 4. The van der Waals surface area contributed by atoms with Crippen molar-refractivity contribution in [2.45, 2.75) is 0 Å². The molecular formula is C31H26AuN2P-. The Morgan fingerprint density at radius 3 is 1.91 bits per heavy atom. The molecule has 4 heteroatoms. The smallest absolute Gasteiger partial charge is 0.0939 e. The number of hydrogen-bond donors (Lipinski definition) is 0. The number of pyridine rings is 1. The number of fused-ring (bicyclic) bond motifs is 2. The minimum absolute atomic E-state index is 0. The average Bonchev–Trinajstić information content (AvgIpc) is 3.35. The average molecular weight is 655 g/mol. The largest absolute Gasteiger partial charge is 0.657 e. The Balaban J connectivity index is 0.000000165. The zero-order chi connectivity index (χ0) is 23.2. The number of nitrogens with zero attached hydrogens (tertiary/aromatic N) is 2. The van der Waals surface area contributed by atoms with Gasteiger partial charge < -0.3 is 11.9 Å². The van der Waals surface area contributed by atoms with Crippen LogP contribution in [-0.4, -0.2) is 11.1 Å². The van der Waals surface area contributed by atoms with Gasteiger partial charge in [0.15, 0.2) is 0 Å². The van der Waals surface area contributed by atoms with Gasteiger partial charge in [-0.25, -0.2) is 0 Å². The molecule has 0 saturated carbocycles. The molecule has 4 aromatic carbocycles. The monoisotopic (exact) mass is 654 g/mol. The second-order valence-corrected chi connectivity index (χ2v) is 10.7. The van der Waals surface area contributed by atoms with E-state index in [0.717, 1.165) is 33.8 Å². The van der Waals surface area contributed by atoms with Gasteiger partial charge in [-0.2, -0.15) is 0 Å². The van der Waals surface area contributed by atoms with Gasteiger partial charge in [-0.1, -0.05) is 97.2 Å². The molecule has 2 aromatic heterocycles. The summed E-state index contributed by atoms with van der Waals surface area (Å²) in [7, 11) is -0.650. The first kappa shape index (κ1) is 25.1. The molecule has 0 bridgehead atoms. The molecular weight excluding hydrogens is 628 g/mol. The van der Waals surface area contributed by atoms with Gasteiger partial charge >= 0.3 is 0 Å². The van der Waals surface area contributed by atoms with Crippen molar-refractivity contribution in [2.75, 3.05) is 6.16 Å². The van der Waals surface area contributed by atoms with E-state index in [-0.39, 0.29) is 22.4 Å². The van der Waals surface area contributed by atoms with Crippen molar-refractivity contribution in [3.05, 3.63) is 134 Å². The van der Waals surface area contributed by atoms with E-state index in [9.17, 15) is 0 Å². The van der Waals surface area contributed by atoms with Crippen LogP contribution in [0.4, 0.5) is 0 Å². The van der Waals surface area contributed by atoms with E-state index in [1.807, 2.05) is 30.5 Å². The van der Waals surface area contributed by atoms with Crippen molar-refractivity contribution < 1.29 is 22.4 Å². The minimum atomic E-state index is -0.650. The summed E-state index contributed by atoms with van der Waals surface area (Å²) in [4.78, 5) is 9.18. The third-order valence-electron chi connectivity index (χ3n) is 5.87. The van der Waals surface area contributed by atoms with Gasteiger partial charge in [0.05, 0.1) is 16.1 Å². The third-order valence-corrected chi connectivity index (χ3v) is 8.43. The molecule has 0 saturated heterocycles. The Bertz CT molecular complexity index is 1420. The molecule has 0 fully saturated rings. The van der Waals surface area contributed by atoms with E-state index in [2.05, 4.69) is 109 Å². The molecule has 2 heterocycles. The molecule has 0 spiro atoms. The number of para-hydroxylation sites is 2. The van der Waals surface area contributed by atoms with Gasteiger partial charge in [-0.15, -0.1) is 11.2 Å². The number of benzene rings is 4. The standard InChI is InChI=1S/C17H11N2.C14H14P.Au/c1-2-9-15-13(5-1)11-16(19-15)14-8-3-6-12-7-4-10-18-17(12)14;1-2-15(13-9-5-3-6-10-13)14-11-7-4-8-12-14;/h1-11H;3-12H,1-2H2;/q2*-1;/p+1. The second-order valence-electron chi connectivity index (χ2n) is 8.04. The van der Waals surface area contributed by atoms with Gasteiger partial charge in [0.25, 0.3) is 0 Å². The van der Waals surface area contributed by atoms with Crippen molar-refractivity contribution >= 4 is 40.3 Å². The molecule has 1 radical (unpaired) electrons. The third kappa shape index (κ3) is 5.81. The minimum Gasteiger partial charge on any atom is -0.657 e. The molecule has 0 aliphatic rings. The summed E-state index contributed by atoms with van der Waals surface area (Å²) in [5.41, 5.74) is 4.12. The fourth-order valence-corrected chi connectivity index (χ4v) is 6.30. The van der Waals surface area contributed by atoms with Gasteiger partial charge in [0.1, 0.15) is 0 Å². The Morgan fingerprint density at radius 2 is 1.26 bits per heavy atom. The van der Waals surface area contributed by atoms with Crippen molar-refractivity contribution in [1.82, 2.24) is 9.97 Å². The second kappa shape index (κ2) is 12.1. The Kier molecular flexibility index (Phi) is 8.69. The Morgan fingerprint density at radius 1 is 0.657 bits per heavy atom. The summed E-state index contributed by atoms with van der Waals surface area (Å²) in [6.07, 6.45) is 2.83. The molecule has 0 aliphatic carbocycles. The molecule has 0 unspecified atom stereocenters. The van der Waals surface area contributed by atoms with Crippen molar-refractivity contribution in [2.24, 2.45) is 0 Å². The van der Waals surface area contributed by atoms with Crippen molar-refractivity contribution in [3.8, 4) is 11.3 Å². The maximum atomic E-state index is 4.69. The summed E-state index contributed by atoms with van der Waals surface area (Å²) in [5, 5.41) is 5.21. The van der Waals surface area contributed by atoms with E-state index in [1.165, 1.54) is 16.0 Å². The van der Waals surface area contributed by atoms with Crippen LogP contribution < -0.4 is 15.6 Å². The van der Waals surface area contributed by atoms with E-state index in [4.69, 9.17) is 4.98 Å². The van der Waals surface area contributed by atoms with Crippen LogP contribution in [0.2, 0.25) is 0 Å². The first-order chi connectivity index (χ1) is 16.8. The van der Waals surface area contributed by atoms with Gasteiger partial charge in [0.2, 0.25) is 0 Å². The fourth-order valence-electron chi connectivity index (χ4n) is 4.20. The van der Waals surface area contributed by atoms with Crippen LogP contribution in [0.5, 0.6) is 0 Å². The normalized spacial score (nSPS) is 10.6. The van der Waals surface area contributed by atoms with Crippen LogP contribution >= 0.6 is 7.92 Å².